The van der Waals surface area contributed by atoms with E-state index in [-0.39, 0.29) is 5.88 Å². The van der Waals surface area contributed by atoms with E-state index in [1.165, 1.54) is 4.68 Å². The molecule has 3 aromatic rings. The Morgan fingerprint density at radius 1 is 1.00 bits per heavy atom. The summed E-state index contributed by atoms with van der Waals surface area (Å²) in [6.07, 6.45) is 0. The molecule has 20 heavy (non-hydrogen) atoms. The van der Waals surface area contributed by atoms with Gasteiger partial charge in [-0.05, 0) is 36.4 Å². The minimum atomic E-state index is 0.113. The van der Waals surface area contributed by atoms with Crippen LogP contribution in [0.4, 0.5) is 0 Å². The lowest BCUT2D eigenvalue weighted by molar-refractivity contribution is 0.415. The maximum Gasteiger partial charge on any atom is 0.214 e. The summed E-state index contributed by atoms with van der Waals surface area (Å²) in [7, 11) is 1.63. The molecule has 0 amide bonds. The van der Waals surface area contributed by atoms with E-state index in [2.05, 4.69) is 5.10 Å². The van der Waals surface area contributed by atoms with Gasteiger partial charge in [0.15, 0.2) is 0 Å². The molecule has 3 rings (SSSR count). The zero-order valence-electron chi connectivity index (χ0n) is 11.0. The second kappa shape index (κ2) is 5.09. The van der Waals surface area contributed by atoms with Crippen molar-refractivity contribution in [3.63, 3.8) is 0 Å². The van der Waals surface area contributed by atoms with Crippen LogP contribution in [-0.4, -0.2) is 22.0 Å². The lowest BCUT2D eigenvalue weighted by Crippen LogP contribution is -1.95. The zero-order chi connectivity index (χ0) is 13.9. The molecule has 0 saturated heterocycles. The molecule has 0 aliphatic rings. The average molecular weight is 266 g/mol. The van der Waals surface area contributed by atoms with Gasteiger partial charge in [0.25, 0.3) is 0 Å². The molecule has 0 unspecified atom stereocenters. The van der Waals surface area contributed by atoms with Crippen molar-refractivity contribution in [3.8, 4) is 28.6 Å². The minimum Gasteiger partial charge on any atom is -0.497 e. The summed E-state index contributed by atoms with van der Waals surface area (Å²) >= 11 is 0. The number of aromatic hydroxyl groups is 1. The van der Waals surface area contributed by atoms with Crippen LogP contribution in [-0.2, 0) is 0 Å². The van der Waals surface area contributed by atoms with Crippen LogP contribution in [0, 0.1) is 0 Å². The third kappa shape index (κ3) is 2.23. The fourth-order valence-electron chi connectivity index (χ4n) is 2.03. The van der Waals surface area contributed by atoms with Crippen LogP contribution < -0.4 is 4.74 Å². The molecule has 4 nitrogen and oxygen atoms in total. The summed E-state index contributed by atoms with van der Waals surface area (Å²) in [5.74, 6) is 0.905. The summed E-state index contributed by atoms with van der Waals surface area (Å²) in [6, 6.07) is 18.7. The van der Waals surface area contributed by atoms with Gasteiger partial charge in [-0.25, -0.2) is 4.68 Å². The fraction of sp³-hybridized carbons (Fsp3) is 0.0625. The topological polar surface area (TPSA) is 47.3 Å². The predicted molar refractivity (Wildman–Crippen MR) is 77.2 cm³/mol. The van der Waals surface area contributed by atoms with Gasteiger partial charge in [0.1, 0.15) is 5.75 Å². The molecule has 0 radical (unpaired) electrons. The molecule has 0 fully saturated rings. The molecule has 0 aliphatic heterocycles. The third-order valence-electron chi connectivity index (χ3n) is 3.08. The van der Waals surface area contributed by atoms with Crippen molar-refractivity contribution in [1.29, 1.82) is 0 Å². The van der Waals surface area contributed by atoms with E-state index in [4.69, 9.17) is 4.74 Å². The summed E-state index contributed by atoms with van der Waals surface area (Å²) in [5, 5.41) is 14.5. The second-order valence-corrected chi connectivity index (χ2v) is 4.36. The van der Waals surface area contributed by atoms with Crippen LogP contribution in [0.25, 0.3) is 16.9 Å². The van der Waals surface area contributed by atoms with Crippen molar-refractivity contribution in [2.75, 3.05) is 7.11 Å². The number of benzene rings is 2. The molecule has 0 saturated carbocycles. The summed E-state index contributed by atoms with van der Waals surface area (Å²) in [4.78, 5) is 0. The number of nitrogens with zero attached hydrogens (tertiary/aromatic N) is 2. The van der Waals surface area contributed by atoms with Crippen LogP contribution in [0.5, 0.6) is 11.6 Å². The quantitative estimate of drug-likeness (QED) is 0.791. The van der Waals surface area contributed by atoms with Crippen molar-refractivity contribution >= 4 is 0 Å². The Balaban J connectivity index is 2.00. The number of methoxy groups -OCH3 is 1. The number of para-hydroxylation sites is 1. The normalized spacial score (nSPS) is 10.4. The van der Waals surface area contributed by atoms with Crippen LogP contribution in [0.15, 0.2) is 60.7 Å². The Morgan fingerprint density at radius 3 is 2.35 bits per heavy atom. The highest BCUT2D eigenvalue weighted by molar-refractivity contribution is 5.62. The summed E-state index contributed by atoms with van der Waals surface area (Å²) in [5.41, 5.74) is 2.47. The molecular formula is C16H14N2O2. The predicted octanol–water partition coefficient (Wildman–Crippen LogP) is 3.25. The van der Waals surface area contributed by atoms with Gasteiger partial charge in [-0.1, -0.05) is 18.2 Å². The van der Waals surface area contributed by atoms with E-state index in [0.29, 0.717) is 5.69 Å². The second-order valence-electron chi connectivity index (χ2n) is 4.36. The first kappa shape index (κ1) is 12.3. The van der Waals surface area contributed by atoms with Gasteiger partial charge >= 0.3 is 0 Å². The van der Waals surface area contributed by atoms with Gasteiger partial charge in [-0.3, -0.25) is 0 Å². The van der Waals surface area contributed by atoms with Crippen LogP contribution in [0.2, 0.25) is 0 Å². The lowest BCUT2D eigenvalue weighted by Gasteiger charge is -2.02. The maximum absolute atomic E-state index is 10.0. The molecule has 1 aromatic heterocycles. The van der Waals surface area contributed by atoms with Crippen molar-refractivity contribution in [2.24, 2.45) is 0 Å². The average Bonchev–Trinajstić information content (AvgIpc) is 2.90. The highest BCUT2D eigenvalue weighted by atomic mass is 16.5. The summed E-state index contributed by atoms with van der Waals surface area (Å²) < 4.78 is 6.64. The first-order valence-electron chi connectivity index (χ1n) is 6.27. The molecule has 0 spiro atoms. The smallest absolute Gasteiger partial charge is 0.214 e. The highest BCUT2D eigenvalue weighted by Gasteiger charge is 2.09. The molecule has 2 aromatic carbocycles. The van der Waals surface area contributed by atoms with E-state index in [9.17, 15) is 5.11 Å². The van der Waals surface area contributed by atoms with Crippen LogP contribution in [0.3, 0.4) is 0 Å². The Hall–Kier alpha value is -2.75. The minimum absolute atomic E-state index is 0.113. The molecule has 0 atom stereocenters. The molecule has 1 N–H and O–H groups in total. The third-order valence-corrected chi connectivity index (χ3v) is 3.08. The van der Waals surface area contributed by atoms with Crippen molar-refractivity contribution < 1.29 is 9.84 Å². The van der Waals surface area contributed by atoms with Crippen molar-refractivity contribution in [1.82, 2.24) is 9.78 Å². The van der Waals surface area contributed by atoms with E-state index in [0.717, 1.165) is 17.0 Å². The highest BCUT2D eigenvalue weighted by Crippen LogP contribution is 2.26. The van der Waals surface area contributed by atoms with Gasteiger partial charge in [-0.2, -0.15) is 5.10 Å². The lowest BCUT2D eigenvalue weighted by atomic mass is 10.1. The largest absolute Gasteiger partial charge is 0.497 e. The van der Waals surface area contributed by atoms with Crippen molar-refractivity contribution in [2.45, 2.75) is 0 Å². The van der Waals surface area contributed by atoms with Crippen molar-refractivity contribution in [3.05, 3.63) is 60.7 Å². The van der Waals surface area contributed by atoms with E-state index >= 15 is 0 Å². The number of hydrogen-bond acceptors (Lipinski definition) is 3. The SMILES string of the molecule is COc1ccc(-c2cc(O)n(-c3ccccc3)n2)cc1. The Labute approximate surface area is 116 Å². The zero-order valence-corrected chi connectivity index (χ0v) is 11.0. The fourth-order valence-corrected chi connectivity index (χ4v) is 2.03. The van der Waals surface area contributed by atoms with Gasteiger partial charge in [0, 0.05) is 11.6 Å². The molecular weight excluding hydrogens is 252 g/mol. The van der Waals surface area contributed by atoms with Crippen LogP contribution >= 0.6 is 0 Å². The first-order valence-corrected chi connectivity index (χ1v) is 6.27. The van der Waals surface area contributed by atoms with E-state index in [1.807, 2.05) is 54.6 Å². The monoisotopic (exact) mass is 266 g/mol. The summed E-state index contributed by atoms with van der Waals surface area (Å²) in [6.45, 7) is 0. The number of rotatable bonds is 3. The van der Waals surface area contributed by atoms with E-state index < -0.39 is 0 Å². The molecule has 0 aliphatic carbocycles. The Kier molecular flexibility index (Phi) is 3.13. The first-order chi connectivity index (χ1) is 9.78. The van der Waals surface area contributed by atoms with Gasteiger partial charge in [0.2, 0.25) is 5.88 Å². The number of aromatic nitrogens is 2. The van der Waals surface area contributed by atoms with Crippen LogP contribution in [0.1, 0.15) is 0 Å². The Bertz CT molecular complexity index is 703. The number of hydrogen-bond donors (Lipinski definition) is 1. The Morgan fingerprint density at radius 2 is 1.70 bits per heavy atom. The number of ether oxygens (including phenoxy) is 1. The molecule has 100 valence electrons. The standard InChI is InChI=1S/C16H14N2O2/c1-20-14-9-7-12(8-10-14)15-11-16(19)18(17-15)13-5-3-2-4-6-13/h2-11,19H,1H3. The van der Waals surface area contributed by atoms with Gasteiger partial charge in [-0.15, -0.1) is 0 Å². The van der Waals surface area contributed by atoms with Gasteiger partial charge < -0.3 is 9.84 Å². The van der Waals surface area contributed by atoms with E-state index in [1.54, 1.807) is 13.2 Å². The molecule has 1 heterocycles. The molecule has 4 heteroatoms. The maximum atomic E-state index is 10.0. The van der Waals surface area contributed by atoms with Gasteiger partial charge in [0.05, 0.1) is 18.5 Å². The molecule has 0 bridgehead atoms.